The largest absolute Gasteiger partial charge is 0.465 e. The van der Waals surface area contributed by atoms with Crippen molar-refractivity contribution < 1.29 is 31.1 Å². The van der Waals surface area contributed by atoms with Gasteiger partial charge in [0.15, 0.2) is 0 Å². The van der Waals surface area contributed by atoms with Crippen molar-refractivity contribution in [1.82, 2.24) is 9.71 Å². The molecule has 0 radical (unpaired) electrons. The molecule has 0 fully saturated rings. The first-order chi connectivity index (χ1) is 16.3. The zero-order chi connectivity index (χ0) is 26.0. The van der Waals surface area contributed by atoms with Gasteiger partial charge in [-0.25, -0.2) is 22.9 Å². The first-order valence-electron chi connectivity index (χ1n) is 10.7. The molecule has 1 aromatic heterocycles. The number of methoxy groups -OCH3 is 1. The number of halogens is 3. The fraction of sp³-hybridized carbons (Fsp3) is 0.333. The summed E-state index contributed by atoms with van der Waals surface area (Å²) in [6.45, 7) is 5.66. The van der Waals surface area contributed by atoms with Gasteiger partial charge in [-0.15, -0.1) is 11.3 Å². The quantitative estimate of drug-likeness (QED) is 0.388. The van der Waals surface area contributed by atoms with Gasteiger partial charge < -0.3 is 4.74 Å². The van der Waals surface area contributed by atoms with Crippen LogP contribution in [-0.4, -0.2) is 33.0 Å². The van der Waals surface area contributed by atoms with Crippen molar-refractivity contribution >= 4 is 27.3 Å². The number of aromatic nitrogens is 1. The van der Waals surface area contributed by atoms with Gasteiger partial charge >= 0.3 is 12.1 Å². The molecule has 0 saturated heterocycles. The standard InChI is InChI=1S/C24H25F3N2O4S2/c1-14(2)19-10-9-18(13-20(19)23(30)33-4)35(31,32)28-12-11-21-15(3)34-22(29-21)16-5-7-17(8-6-16)24(25,26)27/h5-10,13-14,28H,11-12H2,1-4H3. The predicted octanol–water partition coefficient (Wildman–Crippen LogP) is 5.57. The van der Waals surface area contributed by atoms with E-state index < -0.39 is 27.7 Å². The van der Waals surface area contributed by atoms with Crippen molar-refractivity contribution in [1.29, 1.82) is 0 Å². The average Bonchev–Trinajstić information content (AvgIpc) is 3.17. The molecule has 0 spiro atoms. The number of sulfonamides is 1. The number of thiazole rings is 1. The molecule has 1 N–H and O–H groups in total. The lowest BCUT2D eigenvalue weighted by Crippen LogP contribution is -2.26. The minimum absolute atomic E-state index is 0.000292. The zero-order valence-corrected chi connectivity index (χ0v) is 21.2. The minimum Gasteiger partial charge on any atom is -0.465 e. The normalized spacial score (nSPS) is 12.2. The number of aryl methyl sites for hydroxylation is 1. The highest BCUT2D eigenvalue weighted by Crippen LogP contribution is 2.33. The van der Waals surface area contributed by atoms with E-state index >= 15 is 0 Å². The van der Waals surface area contributed by atoms with Crippen LogP contribution in [0.2, 0.25) is 0 Å². The van der Waals surface area contributed by atoms with Crippen LogP contribution < -0.4 is 4.72 Å². The average molecular weight is 527 g/mol. The van der Waals surface area contributed by atoms with Crippen LogP contribution in [0.5, 0.6) is 0 Å². The Balaban J connectivity index is 1.72. The van der Waals surface area contributed by atoms with E-state index in [9.17, 15) is 26.4 Å². The van der Waals surface area contributed by atoms with Crippen molar-refractivity contribution in [3.05, 3.63) is 69.7 Å². The molecule has 0 bridgehead atoms. The van der Waals surface area contributed by atoms with Gasteiger partial charge in [0.2, 0.25) is 10.0 Å². The maximum absolute atomic E-state index is 12.8. The SMILES string of the molecule is COC(=O)c1cc(S(=O)(=O)NCCc2nc(-c3ccc(C(F)(F)F)cc3)sc2C)ccc1C(C)C. The third-order valence-corrected chi connectivity index (χ3v) is 7.89. The van der Waals surface area contributed by atoms with E-state index in [-0.39, 0.29) is 29.3 Å². The molecule has 0 amide bonds. The predicted molar refractivity (Wildman–Crippen MR) is 128 cm³/mol. The van der Waals surface area contributed by atoms with Gasteiger partial charge in [-0.3, -0.25) is 0 Å². The van der Waals surface area contributed by atoms with Crippen molar-refractivity contribution in [2.45, 2.75) is 44.2 Å². The third-order valence-electron chi connectivity index (χ3n) is 5.37. The first-order valence-corrected chi connectivity index (χ1v) is 13.0. The number of nitrogens with one attached hydrogen (secondary N) is 1. The van der Waals surface area contributed by atoms with Crippen molar-refractivity contribution in [3.63, 3.8) is 0 Å². The Morgan fingerprint density at radius 2 is 1.80 bits per heavy atom. The summed E-state index contributed by atoms with van der Waals surface area (Å²) in [5.74, 6) is -0.611. The van der Waals surface area contributed by atoms with Gasteiger partial charge in [-0.05, 0) is 42.7 Å². The molecule has 0 aliphatic carbocycles. The van der Waals surface area contributed by atoms with Crippen molar-refractivity contribution in [2.24, 2.45) is 0 Å². The van der Waals surface area contributed by atoms with Crippen LogP contribution in [0.15, 0.2) is 47.4 Å². The van der Waals surface area contributed by atoms with Gasteiger partial charge in [-0.2, -0.15) is 13.2 Å². The van der Waals surface area contributed by atoms with Crippen molar-refractivity contribution in [3.8, 4) is 10.6 Å². The molecule has 2 aromatic carbocycles. The first kappa shape index (κ1) is 26.8. The number of ether oxygens (including phenoxy) is 1. The van der Waals surface area contributed by atoms with Crippen molar-refractivity contribution in [2.75, 3.05) is 13.7 Å². The molecule has 188 valence electrons. The van der Waals surface area contributed by atoms with Gasteiger partial charge in [0.1, 0.15) is 5.01 Å². The lowest BCUT2D eigenvalue weighted by Gasteiger charge is -2.13. The highest BCUT2D eigenvalue weighted by Gasteiger charge is 2.30. The number of hydrogen-bond acceptors (Lipinski definition) is 6. The number of carbonyl (C=O) groups excluding carboxylic acids is 1. The van der Waals surface area contributed by atoms with Gasteiger partial charge in [0.05, 0.1) is 28.8 Å². The highest BCUT2D eigenvalue weighted by atomic mass is 32.2. The van der Waals surface area contributed by atoms with E-state index in [2.05, 4.69) is 9.71 Å². The van der Waals surface area contributed by atoms with E-state index in [4.69, 9.17) is 4.74 Å². The Morgan fingerprint density at radius 3 is 2.37 bits per heavy atom. The smallest absolute Gasteiger partial charge is 0.416 e. The molecule has 35 heavy (non-hydrogen) atoms. The number of rotatable bonds is 8. The number of benzene rings is 2. The lowest BCUT2D eigenvalue weighted by atomic mass is 9.97. The Hall–Kier alpha value is -2.76. The second-order valence-electron chi connectivity index (χ2n) is 8.14. The zero-order valence-electron chi connectivity index (χ0n) is 19.6. The Labute approximate surface area is 206 Å². The summed E-state index contributed by atoms with van der Waals surface area (Å²) in [4.78, 5) is 17.4. The summed E-state index contributed by atoms with van der Waals surface area (Å²) in [5.41, 5.74) is 1.35. The molecule has 3 rings (SSSR count). The van der Waals surface area contributed by atoms with Crippen LogP contribution in [-0.2, 0) is 27.4 Å². The van der Waals surface area contributed by atoms with Crippen LogP contribution in [0.4, 0.5) is 13.2 Å². The molecule has 11 heteroatoms. The molecular formula is C24H25F3N2O4S2. The highest BCUT2D eigenvalue weighted by molar-refractivity contribution is 7.89. The van der Waals surface area contributed by atoms with Gasteiger partial charge in [0.25, 0.3) is 0 Å². The maximum atomic E-state index is 12.8. The van der Waals surface area contributed by atoms with Crippen LogP contribution in [0.1, 0.15) is 51.8 Å². The number of carbonyl (C=O) groups is 1. The Morgan fingerprint density at radius 1 is 1.14 bits per heavy atom. The molecule has 1 heterocycles. The van der Waals surface area contributed by atoms with E-state index in [0.717, 1.165) is 17.0 Å². The van der Waals surface area contributed by atoms with E-state index in [1.807, 2.05) is 20.8 Å². The molecular weight excluding hydrogens is 501 g/mol. The number of esters is 1. The molecule has 0 atom stereocenters. The molecule has 6 nitrogen and oxygen atoms in total. The van der Waals surface area contributed by atoms with Gasteiger partial charge in [-0.1, -0.05) is 32.0 Å². The minimum atomic E-state index is -4.41. The molecule has 0 aliphatic rings. The summed E-state index contributed by atoms with van der Waals surface area (Å²) in [6.07, 6.45) is -4.12. The number of alkyl halides is 3. The molecule has 0 saturated carbocycles. The summed E-state index contributed by atoms with van der Waals surface area (Å²) < 4.78 is 71.3. The number of nitrogens with zero attached hydrogens (tertiary/aromatic N) is 1. The summed E-state index contributed by atoms with van der Waals surface area (Å²) in [6, 6.07) is 9.11. The fourth-order valence-electron chi connectivity index (χ4n) is 3.47. The second kappa shape index (κ2) is 10.5. The lowest BCUT2D eigenvalue weighted by molar-refractivity contribution is -0.137. The fourth-order valence-corrected chi connectivity index (χ4v) is 5.49. The summed E-state index contributed by atoms with van der Waals surface area (Å²) >= 11 is 1.33. The topological polar surface area (TPSA) is 85.4 Å². The molecule has 3 aromatic rings. The van der Waals surface area contributed by atoms with E-state index in [1.54, 1.807) is 6.07 Å². The summed E-state index contributed by atoms with van der Waals surface area (Å²) in [5, 5.41) is 0.557. The van der Waals surface area contributed by atoms with E-state index in [1.165, 1.54) is 42.7 Å². The number of hydrogen-bond donors (Lipinski definition) is 1. The van der Waals surface area contributed by atoms with Crippen LogP contribution in [0, 0.1) is 6.92 Å². The second-order valence-corrected chi connectivity index (χ2v) is 11.1. The Bertz CT molecular complexity index is 1320. The van der Waals surface area contributed by atoms with Gasteiger partial charge in [0, 0.05) is 23.4 Å². The Kier molecular flexibility index (Phi) is 8.03. The summed E-state index contributed by atoms with van der Waals surface area (Å²) in [7, 11) is -2.67. The molecule has 0 unspecified atom stereocenters. The van der Waals surface area contributed by atoms with E-state index in [0.29, 0.717) is 21.8 Å². The van der Waals surface area contributed by atoms with Crippen LogP contribution >= 0.6 is 11.3 Å². The monoisotopic (exact) mass is 526 g/mol. The molecule has 0 aliphatic heterocycles. The van der Waals surface area contributed by atoms with Crippen LogP contribution in [0.3, 0.4) is 0 Å². The maximum Gasteiger partial charge on any atom is 0.416 e. The third kappa shape index (κ3) is 6.28. The van der Waals surface area contributed by atoms with Crippen LogP contribution in [0.25, 0.3) is 10.6 Å².